The summed E-state index contributed by atoms with van der Waals surface area (Å²) in [7, 11) is 0. The normalized spacial score (nSPS) is 17.1. The second-order valence-electron chi connectivity index (χ2n) is 4.26. The average molecular weight is 237 g/mol. The molecule has 2 heterocycles. The van der Waals surface area contributed by atoms with Gasteiger partial charge in [-0.15, -0.1) is 0 Å². The fourth-order valence-corrected chi connectivity index (χ4v) is 2.09. The zero-order chi connectivity index (χ0) is 12.3. The smallest absolute Gasteiger partial charge is 0.276 e. The predicted molar refractivity (Wildman–Crippen MR) is 58.8 cm³/mol. The van der Waals surface area contributed by atoms with E-state index in [0.717, 1.165) is 12.8 Å². The number of aromatic nitrogens is 3. The van der Waals surface area contributed by atoms with Gasteiger partial charge in [0, 0.05) is 19.5 Å². The van der Waals surface area contributed by atoms with Crippen molar-refractivity contribution >= 4 is 11.8 Å². The average Bonchev–Trinajstić information content (AvgIpc) is 2.82. The number of hydrogen-bond acceptors (Lipinski definition) is 4. The number of nitrogens with one attached hydrogen (secondary N) is 1. The van der Waals surface area contributed by atoms with Crippen LogP contribution in [0.4, 0.5) is 0 Å². The summed E-state index contributed by atoms with van der Waals surface area (Å²) in [6.45, 7) is 1.28. The van der Waals surface area contributed by atoms with Crippen molar-refractivity contribution in [1.82, 2.24) is 20.3 Å². The van der Waals surface area contributed by atoms with Crippen LogP contribution >= 0.6 is 0 Å². The van der Waals surface area contributed by atoms with Crippen LogP contribution in [0.2, 0.25) is 0 Å². The Morgan fingerprint density at radius 1 is 1.47 bits per heavy atom. The van der Waals surface area contributed by atoms with Crippen LogP contribution in [0.3, 0.4) is 0 Å². The van der Waals surface area contributed by atoms with Crippen molar-refractivity contribution in [2.24, 2.45) is 11.7 Å². The molecule has 1 fully saturated rings. The van der Waals surface area contributed by atoms with E-state index >= 15 is 0 Å². The first-order chi connectivity index (χ1) is 8.16. The summed E-state index contributed by atoms with van der Waals surface area (Å²) in [5.41, 5.74) is 5.48. The first-order valence-corrected chi connectivity index (χ1v) is 5.60. The van der Waals surface area contributed by atoms with Crippen molar-refractivity contribution < 1.29 is 9.59 Å². The lowest BCUT2D eigenvalue weighted by molar-refractivity contribution is -0.119. The number of carbonyl (C=O) groups is 2. The fourth-order valence-electron chi connectivity index (χ4n) is 2.09. The standard InChI is InChI=1S/C10H15N5O2/c11-9(16)5-7-1-3-15(4-2-7)10(17)8-6-12-14-13-8/h6-7H,1-5H2,(H2,11,16)(H,12,13,14). The van der Waals surface area contributed by atoms with Gasteiger partial charge in [-0.2, -0.15) is 15.4 Å². The lowest BCUT2D eigenvalue weighted by atomic mass is 9.93. The minimum Gasteiger partial charge on any atom is -0.370 e. The Kier molecular flexibility index (Phi) is 3.36. The van der Waals surface area contributed by atoms with Crippen LogP contribution in [-0.2, 0) is 4.79 Å². The van der Waals surface area contributed by atoms with Crippen molar-refractivity contribution in [3.8, 4) is 0 Å². The molecule has 3 N–H and O–H groups in total. The first kappa shape index (κ1) is 11.6. The maximum atomic E-state index is 11.9. The molecule has 0 atom stereocenters. The van der Waals surface area contributed by atoms with Crippen LogP contribution in [0.1, 0.15) is 29.8 Å². The number of piperidine rings is 1. The summed E-state index contributed by atoms with van der Waals surface area (Å²) in [5.74, 6) is -0.0867. The molecule has 0 bridgehead atoms. The van der Waals surface area contributed by atoms with E-state index in [1.165, 1.54) is 6.20 Å². The largest absolute Gasteiger partial charge is 0.370 e. The minimum atomic E-state index is -0.272. The lowest BCUT2D eigenvalue weighted by Crippen LogP contribution is -2.39. The third kappa shape index (κ3) is 2.80. The van der Waals surface area contributed by atoms with Crippen molar-refractivity contribution in [3.05, 3.63) is 11.9 Å². The number of aromatic amines is 1. The van der Waals surface area contributed by atoms with E-state index in [-0.39, 0.29) is 11.8 Å². The molecular weight excluding hydrogens is 222 g/mol. The highest BCUT2D eigenvalue weighted by molar-refractivity contribution is 5.91. The van der Waals surface area contributed by atoms with Crippen molar-refractivity contribution in [3.63, 3.8) is 0 Å². The molecule has 0 aliphatic carbocycles. The van der Waals surface area contributed by atoms with Crippen LogP contribution in [0, 0.1) is 5.92 Å². The molecule has 1 aromatic rings. The second kappa shape index (κ2) is 4.94. The van der Waals surface area contributed by atoms with Crippen molar-refractivity contribution in [2.45, 2.75) is 19.3 Å². The van der Waals surface area contributed by atoms with Gasteiger partial charge in [0.1, 0.15) is 0 Å². The summed E-state index contributed by atoms with van der Waals surface area (Å²) < 4.78 is 0. The Morgan fingerprint density at radius 2 is 2.18 bits per heavy atom. The molecule has 0 saturated carbocycles. The van der Waals surface area contributed by atoms with Gasteiger partial charge in [-0.1, -0.05) is 0 Å². The highest BCUT2D eigenvalue weighted by Gasteiger charge is 2.25. The van der Waals surface area contributed by atoms with Gasteiger partial charge in [-0.25, -0.2) is 0 Å². The van der Waals surface area contributed by atoms with Gasteiger partial charge in [0.2, 0.25) is 5.91 Å². The van der Waals surface area contributed by atoms with Gasteiger partial charge in [-0.3, -0.25) is 9.59 Å². The van der Waals surface area contributed by atoms with E-state index in [0.29, 0.717) is 31.1 Å². The number of hydrogen-bond donors (Lipinski definition) is 2. The molecule has 1 saturated heterocycles. The number of nitrogens with two attached hydrogens (primary N) is 1. The fraction of sp³-hybridized carbons (Fsp3) is 0.600. The number of amides is 2. The molecule has 1 aliphatic heterocycles. The van der Waals surface area contributed by atoms with Gasteiger partial charge < -0.3 is 10.6 Å². The molecule has 0 spiro atoms. The van der Waals surface area contributed by atoms with Crippen LogP contribution in [0.5, 0.6) is 0 Å². The van der Waals surface area contributed by atoms with Gasteiger partial charge >= 0.3 is 0 Å². The molecule has 1 aromatic heterocycles. The van der Waals surface area contributed by atoms with Crippen LogP contribution in [0.25, 0.3) is 0 Å². The quantitative estimate of drug-likeness (QED) is 0.741. The van der Waals surface area contributed by atoms with Gasteiger partial charge in [-0.05, 0) is 18.8 Å². The summed E-state index contributed by atoms with van der Waals surface area (Å²) in [6, 6.07) is 0. The zero-order valence-electron chi connectivity index (χ0n) is 9.43. The summed E-state index contributed by atoms with van der Waals surface area (Å²) in [4.78, 5) is 24.4. The molecule has 92 valence electrons. The van der Waals surface area contributed by atoms with E-state index in [1.54, 1.807) is 4.90 Å². The Hall–Kier alpha value is -1.92. The van der Waals surface area contributed by atoms with E-state index in [2.05, 4.69) is 15.4 Å². The number of primary amides is 1. The predicted octanol–water partition coefficient (Wildman–Crippen LogP) is -0.468. The molecular formula is C10H15N5O2. The van der Waals surface area contributed by atoms with E-state index in [9.17, 15) is 9.59 Å². The van der Waals surface area contributed by atoms with E-state index in [1.807, 2.05) is 0 Å². The summed E-state index contributed by atoms with van der Waals surface area (Å²) in [6.07, 6.45) is 3.45. The molecule has 7 heteroatoms. The number of carbonyl (C=O) groups excluding carboxylic acids is 2. The molecule has 1 aliphatic rings. The third-order valence-electron chi connectivity index (χ3n) is 3.03. The minimum absolute atomic E-state index is 0.115. The zero-order valence-corrected chi connectivity index (χ0v) is 9.43. The summed E-state index contributed by atoms with van der Waals surface area (Å²) in [5, 5.41) is 9.78. The molecule has 2 rings (SSSR count). The highest BCUT2D eigenvalue weighted by atomic mass is 16.2. The van der Waals surface area contributed by atoms with Crippen LogP contribution in [-0.4, -0.2) is 45.2 Å². The Balaban J connectivity index is 1.87. The molecule has 2 amide bonds. The Labute approximate surface area is 98.4 Å². The Morgan fingerprint density at radius 3 is 2.71 bits per heavy atom. The van der Waals surface area contributed by atoms with Crippen LogP contribution in [0.15, 0.2) is 6.20 Å². The van der Waals surface area contributed by atoms with Crippen molar-refractivity contribution in [1.29, 1.82) is 0 Å². The first-order valence-electron chi connectivity index (χ1n) is 5.60. The number of likely N-dealkylation sites (tertiary alicyclic amines) is 1. The van der Waals surface area contributed by atoms with Crippen LogP contribution < -0.4 is 5.73 Å². The monoisotopic (exact) mass is 237 g/mol. The topological polar surface area (TPSA) is 105 Å². The van der Waals surface area contributed by atoms with E-state index in [4.69, 9.17) is 5.73 Å². The van der Waals surface area contributed by atoms with E-state index < -0.39 is 0 Å². The molecule has 0 radical (unpaired) electrons. The number of rotatable bonds is 3. The maximum Gasteiger partial charge on any atom is 0.276 e. The summed E-state index contributed by atoms with van der Waals surface area (Å²) >= 11 is 0. The van der Waals surface area contributed by atoms with Gasteiger partial charge in [0.15, 0.2) is 5.69 Å². The number of H-pyrrole nitrogens is 1. The molecule has 17 heavy (non-hydrogen) atoms. The van der Waals surface area contributed by atoms with Crippen molar-refractivity contribution in [2.75, 3.05) is 13.1 Å². The second-order valence-corrected chi connectivity index (χ2v) is 4.26. The SMILES string of the molecule is NC(=O)CC1CCN(C(=O)c2cn[nH]n2)CC1. The molecule has 7 nitrogen and oxygen atoms in total. The number of nitrogens with zero attached hydrogens (tertiary/aromatic N) is 3. The van der Waals surface area contributed by atoms with Gasteiger partial charge in [0.25, 0.3) is 5.91 Å². The highest BCUT2D eigenvalue weighted by Crippen LogP contribution is 2.20. The molecule has 0 unspecified atom stereocenters. The molecule has 0 aromatic carbocycles. The maximum absolute atomic E-state index is 11.9. The third-order valence-corrected chi connectivity index (χ3v) is 3.03. The lowest BCUT2D eigenvalue weighted by Gasteiger charge is -2.30. The Bertz CT molecular complexity index is 395. The van der Waals surface area contributed by atoms with Gasteiger partial charge in [0.05, 0.1) is 6.20 Å².